The number of rotatable bonds is 13. The normalized spacial score (nSPS) is 14.0. The van der Waals surface area contributed by atoms with Gasteiger partial charge in [0.25, 0.3) is 0 Å². The number of aliphatic carboxylic acids is 1. The topological polar surface area (TPSA) is 179 Å². The van der Waals surface area contributed by atoms with Gasteiger partial charge in [0.2, 0.25) is 17.7 Å². The van der Waals surface area contributed by atoms with Crippen LogP contribution in [0.2, 0.25) is 0 Å². The molecule has 1 aromatic rings. The van der Waals surface area contributed by atoms with E-state index in [2.05, 4.69) is 25.9 Å². The van der Waals surface area contributed by atoms with Crippen molar-refractivity contribution < 1.29 is 24.3 Å². The molecule has 7 N–H and O–H groups in total. The van der Waals surface area contributed by atoms with Crippen LogP contribution in [0.4, 0.5) is 0 Å². The highest BCUT2D eigenvalue weighted by molar-refractivity contribution is 5.93. The molecule has 0 saturated carbocycles. The molecule has 0 radical (unpaired) electrons. The van der Waals surface area contributed by atoms with E-state index in [1.807, 2.05) is 27.7 Å². The van der Waals surface area contributed by atoms with E-state index >= 15 is 0 Å². The van der Waals surface area contributed by atoms with Crippen molar-refractivity contribution >= 4 is 23.7 Å². The van der Waals surface area contributed by atoms with Crippen molar-refractivity contribution in [1.82, 2.24) is 25.9 Å². The molecule has 1 heterocycles. The molecule has 0 saturated heterocycles. The molecule has 31 heavy (non-hydrogen) atoms. The molecule has 0 aliphatic carbocycles. The lowest BCUT2D eigenvalue weighted by molar-refractivity contribution is -0.143. The van der Waals surface area contributed by atoms with Crippen molar-refractivity contribution in [2.45, 2.75) is 65.1 Å². The lowest BCUT2D eigenvalue weighted by atomic mass is 10.00. The number of carboxylic acids is 1. The van der Waals surface area contributed by atoms with Gasteiger partial charge >= 0.3 is 5.97 Å². The number of carbonyl (C=O) groups is 4. The van der Waals surface area contributed by atoms with E-state index < -0.39 is 41.8 Å². The highest BCUT2D eigenvalue weighted by Crippen LogP contribution is 2.10. The van der Waals surface area contributed by atoms with Gasteiger partial charge in [-0.25, -0.2) is 9.78 Å². The first-order chi connectivity index (χ1) is 14.5. The molecule has 0 spiro atoms. The fourth-order valence-corrected chi connectivity index (χ4v) is 3.02. The number of carbonyl (C=O) groups excluding carboxylic acids is 3. The number of nitrogens with two attached hydrogens (primary N) is 1. The SMILES string of the molecule is CC(C)CC(NC(=O)C(CC(C)C)NC(=O)C(Cc1cnc[nH]1)NC(=O)CN)C(=O)O. The van der Waals surface area contributed by atoms with Gasteiger partial charge in [-0.1, -0.05) is 27.7 Å². The lowest BCUT2D eigenvalue weighted by Gasteiger charge is -2.25. The van der Waals surface area contributed by atoms with Gasteiger partial charge in [-0.05, 0) is 24.7 Å². The van der Waals surface area contributed by atoms with Gasteiger partial charge < -0.3 is 31.8 Å². The van der Waals surface area contributed by atoms with Crippen LogP contribution in [0.15, 0.2) is 12.5 Å². The Morgan fingerprint density at radius 2 is 1.52 bits per heavy atom. The van der Waals surface area contributed by atoms with Crippen molar-refractivity contribution in [2.24, 2.45) is 17.6 Å². The number of amides is 3. The molecule has 11 heteroatoms. The highest BCUT2D eigenvalue weighted by Gasteiger charge is 2.30. The number of hydrogen-bond acceptors (Lipinski definition) is 6. The molecule has 0 fully saturated rings. The molecular formula is C20H34N6O5. The van der Waals surface area contributed by atoms with Crippen LogP contribution in [0.25, 0.3) is 0 Å². The van der Waals surface area contributed by atoms with Crippen LogP contribution in [0.5, 0.6) is 0 Å². The average molecular weight is 439 g/mol. The Bertz CT molecular complexity index is 734. The Hall–Kier alpha value is -2.95. The number of carboxylic acid groups (broad SMARTS) is 1. The van der Waals surface area contributed by atoms with Crippen LogP contribution >= 0.6 is 0 Å². The van der Waals surface area contributed by atoms with Crippen LogP contribution in [0, 0.1) is 11.8 Å². The number of aromatic nitrogens is 2. The van der Waals surface area contributed by atoms with Crippen LogP contribution < -0.4 is 21.7 Å². The largest absolute Gasteiger partial charge is 0.480 e. The minimum Gasteiger partial charge on any atom is -0.480 e. The average Bonchev–Trinajstić information content (AvgIpc) is 3.18. The second kappa shape index (κ2) is 12.7. The molecule has 3 atom stereocenters. The van der Waals surface area contributed by atoms with E-state index in [1.54, 1.807) is 0 Å². The first kappa shape index (κ1) is 26.1. The molecule has 11 nitrogen and oxygen atoms in total. The summed E-state index contributed by atoms with van der Waals surface area (Å²) in [5.41, 5.74) is 5.96. The molecule has 1 rings (SSSR count). The quantitative estimate of drug-likeness (QED) is 0.241. The number of nitrogens with zero attached hydrogens (tertiary/aromatic N) is 1. The summed E-state index contributed by atoms with van der Waals surface area (Å²) in [5, 5.41) is 17.1. The molecular weight excluding hydrogens is 404 g/mol. The third-order valence-corrected chi connectivity index (χ3v) is 4.48. The first-order valence-corrected chi connectivity index (χ1v) is 10.3. The Balaban J connectivity index is 2.96. The Kier molecular flexibility index (Phi) is 10.7. The van der Waals surface area contributed by atoms with Gasteiger partial charge in [0.05, 0.1) is 12.9 Å². The van der Waals surface area contributed by atoms with E-state index in [0.29, 0.717) is 12.1 Å². The highest BCUT2D eigenvalue weighted by atomic mass is 16.4. The molecule has 3 unspecified atom stereocenters. The first-order valence-electron chi connectivity index (χ1n) is 10.3. The molecule has 1 aromatic heterocycles. The monoisotopic (exact) mass is 438 g/mol. The molecule has 0 bridgehead atoms. The third-order valence-electron chi connectivity index (χ3n) is 4.48. The van der Waals surface area contributed by atoms with E-state index in [4.69, 9.17) is 5.73 Å². The van der Waals surface area contributed by atoms with Gasteiger partial charge in [0.15, 0.2) is 0 Å². The van der Waals surface area contributed by atoms with Crippen molar-refractivity contribution in [1.29, 1.82) is 0 Å². The Morgan fingerprint density at radius 1 is 0.968 bits per heavy atom. The Morgan fingerprint density at radius 3 is 2.00 bits per heavy atom. The zero-order chi connectivity index (χ0) is 23.6. The van der Waals surface area contributed by atoms with Gasteiger partial charge in [0, 0.05) is 18.3 Å². The predicted octanol–water partition coefficient (Wildman–Crippen LogP) is -0.458. The maximum Gasteiger partial charge on any atom is 0.326 e. The summed E-state index contributed by atoms with van der Waals surface area (Å²) in [7, 11) is 0. The summed E-state index contributed by atoms with van der Waals surface area (Å²) in [6, 6.07) is -3.00. The number of aromatic amines is 1. The summed E-state index contributed by atoms with van der Waals surface area (Å²) >= 11 is 0. The van der Waals surface area contributed by atoms with Crippen molar-refractivity contribution in [3.05, 3.63) is 18.2 Å². The zero-order valence-electron chi connectivity index (χ0n) is 18.5. The lowest BCUT2D eigenvalue weighted by Crippen LogP contribution is -2.57. The molecule has 0 aliphatic heterocycles. The van der Waals surface area contributed by atoms with Crippen molar-refractivity contribution in [3.63, 3.8) is 0 Å². The summed E-state index contributed by atoms with van der Waals surface area (Å²) in [5.74, 6) is -2.70. The second-order valence-corrected chi connectivity index (χ2v) is 8.32. The Labute approximate surface area is 181 Å². The van der Waals surface area contributed by atoms with Gasteiger partial charge in [-0.2, -0.15) is 0 Å². The second-order valence-electron chi connectivity index (χ2n) is 8.32. The van der Waals surface area contributed by atoms with E-state index in [-0.39, 0.29) is 31.2 Å². The van der Waals surface area contributed by atoms with Gasteiger partial charge in [-0.3, -0.25) is 14.4 Å². The van der Waals surface area contributed by atoms with Crippen molar-refractivity contribution in [3.8, 4) is 0 Å². The fourth-order valence-electron chi connectivity index (χ4n) is 3.02. The van der Waals surface area contributed by atoms with E-state index in [0.717, 1.165) is 0 Å². The molecule has 0 aromatic carbocycles. The number of H-pyrrole nitrogens is 1. The number of imidazole rings is 1. The molecule has 3 amide bonds. The summed E-state index contributed by atoms with van der Waals surface area (Å²) in [4.78, 5) is 55.8. The van der Waals surface area contributed by atoms with Gasteiger partial charge in [-0.15, -0.1) is 0 Å². The zero-order valence-corrected chi connectivity index (χ0v) is 18.5. The van der Waals surface area contributed by atoms with Crippen LogP contribution in [0.1, 0.15) is 46.2 Å². The van der Waals surface area contributed by atoms with Crippen LogP contribution in [-0.2, 0) is 25.6 Å². The fraction of sp³-hybridized carbons (Fsp3) is 0.650. The van der Waals surface area contributed by atoms with Gasteiger partial charge in [0.1, 0.15) is 18.1 Å². The summed E-state index contributed by atoms with van der Waals surface area (Å²) < 4.78 is 0. The maximum atomic E-state index is 12.9. The summed E-state index contributed by atoms with van der Waals surface area (Å²) in [6.07, 6.45) is 3.66. The predicted molar refractivity (Wildman–Crippen MR) is 114 cm³/mol. The third kappa shape index (κ3) is 9.60. The molecule has 0 aliphatic rings. The maximum absolute atomic E-state index is 12.9. The smallest absolute Gasteiger partial charge is 0.326 e. The van der Waals surface area contributed by atoms with Crippen LogP contribution in [0.3, 0.4) is 0 Å². The minimum atomic E-state index is -1.14. The van der Waals surface area contributed by atoms with Crippen LogP contribution in [-0.4, -0.2) is 63.4 Å². The van der Waals surface area contributed by atoms with E-state index in [1.165, 1.54) is 12.5 Å². The van der Waals surface area contributed by atoms with E-state index in [9.17, 15) is 24.3 Å². The summed E-state index contributed by atoms with van der Waals surface area (Å²) in [6.45, 7) is 7.19. The number of hydrogen-bond donors (Lipinski definition) is 6. The standard InChI is InChI=1S/C20H34N6O5/c1-11(2)5-14(18(28)26-16(20(30)31)6-12(3)4)25-19(29)15(24-17(27)8-21)7-13-9-22-10-23-13/h9-12,14-16H,5-8,21H2,1-4H3,(H,22,23)(H,24,27)(H,25,29)(H,26,28)(H,30,31). The van der Waals surface area contributed by atoms with Crippen molar-refractivity contribution in [2.75, 3.05) is 6.54 Å². The molecule has 174 valence electrons. The number of nitrogens with one attached hydrogen (secondary N) is 4. The minimum absolute atomic E-state index is 0.0501.